The maximum atomic E-state index is 12.3. The number of hydrogen-bond acceptors (Lipinski definition) is 3. The molecule has 1 fully saturated rings. The van der Waals surface area contributed by atoms with E-state index in [-0.39, 0.29) is 11.9 Å². The van der Waals surface area contributed by atoms with Crippen LogP contribution in [0, 0.1) is 13.8 Å². The molecule has 0 saturated heterocycles. The molecule has 0 atom stereocenters. The van der Waals surface area contributed by atoms with Gasteiger partial charge in [0.05, 0.1) is 6.26 Å². The molecule has 0 spiro atoms. The fraction of sp³-hybridized carbons (Fsp3) is 0.632. The van der Waals surface area contributed by atoms with E-state index in [9.17, 15) is 13.2 Å². The molecule has 1 aliphatic rings. The molecule has 5 nitrogen and oxygen atoms in total. The van der Waals surface area contributed by atoms with Gasteiger partial charge in [-0.2, -0.15) is 4.31 Å². The monoisotopic (exact) mass is 366 g/mol. The highest BCUT2D eigenvalue weighted by molar-refractivity contribution is 7.88. The van der Waals surface area contributed by atoms with Gasteiger partial charge in [-0.15, -0.1) is 0 Å². The first-order valence-electron chi connectivity index (χ1n) is 9.11. The third-order valence-corrected chi connectivity index (χ3v) is 6.38. The lowest BCUT2D eigenvalue weighted by Gasteiger charge is -2.29. The summed E-state index contributed by atoms with van der Waals surface area (Å²) in [6, 6.07) is 5.66. The number of carbonyl (C=O) groups is 1. The van der Waals surface area contributed by atoms with Crippen LogP contribution in [0.15, 0.2) is 18.2 Å². The molecule has 140 valence electrons. The highest BCUT2D eigenvalue weighted by Gasteiger charge is 2.27. The van der Waals surface area contributed by atoms with Crippen LogP contribution in [-0.2, 0) is 10.0 Å². The zero-order chi connectivity index (χ0) is 18.4. The van der Waals surface area contributed by atoms with Crippen molar-refractivity contribution in [2.45, 2.75) is 58.4 Å². The molecule has 0 heterocycles. The summed E-state index contributed by atoms with van der Waals surface area (Å²) < 4.78 is 26.0. The van der Waals surface area contributed by atoms with E-state index in [4.69, 9.17) is 0 Å². The number of nitrogens with zero attached hydrogens (tertiary/aromatic N) is 1. The molecule has 2 rings (SSSR count). The van der Waals surface area contributed by atoms with E-state index in [1.807, 2.05) is 26.0 Å². The van der Waals surface area contributed by atoms with E-state index < -0.39 is 10.0 Å². The van der Waals surface area contributed by atoms with Gasteiger partial charge in [0.15, 0.2) is 0 Å². The van der Waals surface area contributed by atoms with E-state index in [1.54, 1.807) is 10.4 Å². The predicted molar refractivity (Wildman–Crippen MR) is 101 cm³/mol. The molecule has 1 aromatic rings. The second-order valence-corrected chi connectivity index (χ2v) is 9.01. The average molecular weight is 367 g/mol. The van der Waals surface area contributed by atoms with E-state index >= 15 is 0 Å². The fourth-order valence-corrected chi connectivity index (χ4v) is 4.60. The zero-order valence-corrected chi connectivity index (χ0v) is 16.4. The summed E-state index contributed by atoms with van der Waals surface area (Å²) in [5, 5.41) is 2.86. The average Bonchev–Trinajstić information content (AvgIpc) is 2.81. The molecule has 1 aromatic carbocycles. The first kappa shape index (κ1) is 19.9. The van der Waals surface area contributed by atoms with Gasteiger partial charge >= 0.3 is 0 Å². The minimum absolute atomic E-state index is 0.0658. The minimum atomic E-state index is -3.27. The number of benzene rings is 1. The zero-order valence-electron chi connectivity index (χ0n) is 15.5. The maximum Gasteiger partial charge on any atom is 0.251 e. The first-order chi connectivity index (χ1) is 11.8. The molecule has 1 aliphatic carbocycles. The Morgan fingerprint density at radius 2 is 1.76 bits per heavy atom. The molecule has 0 bridgehead atoms. The van der Waals surface area contributed by atoms with Crippen LogP contribution in [0.25, 0.3) is 0 Å². The van der Waals surface area contributed by atoms with Crippen molar-refractivity contribution in [2.75, 3.05) is 19.3 Å². The summed E-state index contributed by atoms with van der Waals surface area (Å²) in [4.78, 5) is 12.3. The summed E-state index contributed by atoms with van der Waals surface area (Å²) in [5.41, 5.74) is 2.83. The molecular weight excluding hydrogens is 336 g/mol. The summed E-state index contributed by atoms with van der Waals surface area (Å²) in [7, 11) is -3.27. The van der Waals surface area contributed by atoms with Gasteiger partial charge in [-0.1, -0.05) is 31.7 Å². The minimum Gasteiger partial charge on any atom is -0.351 e. The molecule has 6 heteroatoms. The Kier molecular flexibility index (Phi) is 7.02. The largest absolute Gasteiger partial charge is 0.351 e. The van der Waals surface area contributed by atoms with Crippen molar-refractivity contribution >= 4 is 15.9 Å². The number of amides is 1. The van der Waals surface area contributed by atoms with Gasteiger partial charge in [0, 0.05) is 24.7 Å². The molecule has 0 aromatic heterocycles. The number of nitrogens with one attached hydrogen (secondary N) is 1. The normalized spacial score (nSPS) is 16.6. The Bertz CT molecular complexity index is 693. The van der Waals surface area contributed by atoms with Crippen LogP contribution >= 0.6 is 0 Å². The second kappa shape index (κ2) is 8.81. The number of hydrogen-bond donors (Lipinski definition) is 1. The summed E-state index contributed by atoms with van der Waals surface area (Å²) >= 11 is 0. The van der Waals surface area contributed by atoms with Crippen LogP contribution in [0.4, 0.5) is 0 Å². The van der Waals surface area contributed by atoms with E-state index in [0.29, 0.717) is 18.7 Å². The van der Waals surface area contributed by atoms with Crippen molar-refractivity contribution < 1.29 is 13.2 Å². The van der Waals surface area contributed by atoms with Gasteiger partial charge in [0.2, 0.25) is 10.0 Å². The van der Waals surface area contributed by atoms with E-state index in [0.717, 1.165) is 36.8 Å². The smallest absolute Gasteiger partial charge is 0.251 e. The lowest BCUT2D eigenvalue weighted by atomic mass is 10.1. The number of sulfonamides is 1. The molecule has 1 saturated carbocycles. The maximum absolute atomic E-state index is 12.3. The summed E-state index contributed by atoms with van der Waals surface area (Å²) in [5.74, 6) is -0.155. The Hall–Kier alpha value is -1.40. The molecule has 0 aliphatic heterocycles. The van der Waals surface area contributed by atoms with Crippen LogP contribution in [-0.4, -0.2) is 44.0 Å². The topological polar surface area (TPSA) is 66.5 Å². The Balaban J connectivity index is 1.96. The molecule has 1 amide bonds. The Morgan fingerprint density at radius 1 is 1.12 bits per heavy atom. The molecular formula is C19H30N2O3S. The SMILES string of the molecule is Cc1ccc(C(=O)NCCN(C2CCCCCC2)S(C)(=O)=O)cc1C. The van der Waals surface area contributed by atoms with Gasteiger partial charge in [-0.05, 0) is 49.9 Å². The summed E-state index contributed by atoms with van der Waals surface area (Å²) in [6.07, 6.45) is 7.60. The molecule has 25 heavy (non-hydrogen) atoms. The standard InChI is InChI=1S/C19H30N2O3S/c1-15-10-11-17(14-16(15)2)19(22)20-12-13-21(25(3,23)24)18-8-6-4-5-7-9-18/h10-11,14,18H,4-9,12-13H2,1-3H3,(H,20,22). The number of rotatable bonds is 6. The van der Waals surface area contributed by atoms with Gasteiger partial charge in [0.25, 0.3) is 5.91 Å². The van der Waals surface area contributed by atoms with Crippen molar-refractivity contribution in [1.29, 1.82) is 0 Å². The lowest BCUT2D eigenvalue weighted by Crippen LogP contribution is -2.44. The third-order valence-electron chi connectivity index (χ3n) is 5.04. The van der Waals surface area contributed by atoms with E-state index in [1.165, 1.54) is 19.1 Å². The van der Waals surface area contributed by atoms with Crippen LogP contribution < -0.4 is 5.32 Å². The molecule has 0 unspecified atom stereocenters. The van der Waals surface area contributed by atoms with Gasteiger partial charge < -0.3 is 5.32 Å². The molecule has 1 N–H and O–H groups in total. The summed E-state index contributed by atoms with van der Waals surface area (Å²) in [6.45, 7) is 4.65. The van der Waals surface area contributed by atoms with Gasteiger partial charge in [-0.25, -0.2) is 8.42 Å². The molecule has 0 radical (unpaired) electrons. The van der Waals surface area contributed by atoms with Crippen molar-refractivity contribution in [3.05, 3.63) is 34.9 Å². The highest BCUT2D eigenvalue weighted by Crippen LogP contribution is 2.23. The lowest BCUT2D eigenvalue weighted by molar-refractivity contribution is 0.0949. The fourth-order valence-electron chi connectivity index (χ4n) is 3.43. The van der Waals surface area contributed by atoms with E-state index in [2.05, 4.69) is 5.32 Å². The van der Waals surface area contributed by atoms with Crippen LogP contribution in [0.2, 0.25) is 0 Å². The number of aryl methyl sites for hydroxylation is 2. The quantitative estimate of drug-likeness (QED) is 0.787. The predicted octanol–water partition coefficient (Wildman–Crippen LogP) is 3.02. The van der Waals surface area contributed by atoms with Crippen molar-refractivity contribution in [1.82, 2.24) is 9.62 Å². The highest BCUT2D eigenvalue weighted by atomic mass is 32.2. The third kappa shape index (κ3) is 5.82. The van der Waals surface area contributed by atoms with Gasteiger partial charge in [0.1, 0.15) is 0 Å². The second-order valence-electron chi connectivity index (χ2n) is 7.07. The Morgan fingerprint density at radius 3 is 2.32 bits per heavy atom. The van der Waals surface area contributed by atoms with Crippen molar-refractivity contribution in [2.24, 2.45) is 0 Å². The Labute approximate surface area is 151 Å². The van der Waals surface area contributed by atoms with Crippen LogP contribution in [0.5, 0.6) is 0 Å². The van der Waals surface area contributed by atoms with Gasteiger partial charge in [-0.3, -0.25) is 4.79 Å². The van der Waals surface area contributed by atoms with Crippen LogP contribution in [0.1, 0.15) is 60.0 Å². The van der Waals surface area contributed by atoms with Crippen LogP contribution in [0.3, 0.4) is 0 Å². The first-order valence-corrected chi connectivity index (χ1v) is 11.0. The number of carbonyl (C=O) groups excluding carboxylic acids is 1. The van der Waals surface area contributed by atoms with Crippen molar-refractivity contribution in [3.8, 4) is 0 Å². The van der Waals surface area contributed by atoms with Crippen molar-refractivity contribution in [3.63, 3.8) is 0 Å².